The summed E-state index contributed by atoms with van der Waals surface area (Å²) in [6.45, 7) is 0. The number of halogens is 1. The van der Waals surface area contributed by atoms with Gasteiger partial charge in [-0.25, -0.2) is 5.48 Å². The topological polar surface area (TPSA) is 58.6 Å². The third-order valence-corrected chi connectivity index (χ3v) is 1.81. The van der Waals surface area contributed by atoms with Gasteiger partial charge in [0.05, 0.1) is 12.1 Å². The van der Waals surface area contributed by atoms with Gasteiger partial charge < -0.3 is 4.74 Å². The van der Waals surface area contributed by atoms with E-state index in [0.29, 0.717) is 10.8 Å². The molecule has 0 aromatic heterocycles. The minimum atomic E-state index is -0.607. The minimum absolute atomic E-state index is 0.272. The molecule has 1 amide bonds. The summed E-state index contributed by atoms with van der Waals surface area (Å²) in [4.78, 5) is 10.9. The van der Waals surface area contributed by atoms with Crippen LogP contribution in [0.5, 0.6) is 5.75 Å². The fourth-order valence-electron chi connectivity index (χ4n) is 0.872. The van der Waals surface area contributed by atoms with E-state index in [1.54, 1.807) is 6.07 Å². The quantitative estimate of drug-likeness (QED) is 0.563. The monoisotopic (exact) mass is 201 g/mol. The fourth-order valence-corrected chi connectivity index (χ4v) is 1.13. The smallest absolute Gasteiger partial charge is 0.274 e. The molecule has 4 nitrogen and oxygen atoms in total. The Hall–Kier alpha value is -1.26. The fraction of sp³-hybridized carbons (Fsp3) is 0.125. The number of hydrogen-bond donors (Lipinski definition) is 2. The predicted molar refractivity (Wildman–Crippen MR) is 47.3 cm³/mol. The highest BCUT2D eigenvalue weighted by molar-refractivity contribution is 6.32. The van der Waals surface area contributed by atoms with Crippen molar-refractivity contribution in [1.82, 2.24) is 5.48 Å². The Morgan fingerprint density at radius 3 is 2.77 bits per heavy atom. The van der Waals surface area contributed by atoms with Crippen molar-refractivity contribution in [3.05, 3.63) is 28.8 Å². The molecule has 0 aliphatic heterocycles. The van der Waals surface area contributed by atoms with Crippen molar-refractivity contribution in [2.45, 2.75) is 0 Å². The van der Waals surface area contributed by atoms with Crippen molar-refractivity contribution in [3.63, 3.8) is 0 Å². The van der Waals surface area contributed by atoms with Crippen LogP contribution >= 0.6 is 11.6 Å². The molecular weight excluding hydrogens is 194 g/mol. The van der Waals surface area contributed by atoms with E-state index in [-0.39, 0.29) is 5.56 Å². The normalized spacial score (nSPS) is 9.46. The lowest BCUT2D eigenvalue weighted by Crippen LogP contribution is -2.18. The number of amides is 1. The molecule has 0 unspecified atom stereocenters. The van der Waals surface area contributed by atoms with Crippen LogP contribution < -0.4 is 10.2 Å². The predicted octanol–water partition coefficient (Wildman–Crippen LogP) is 1.47. The molecule has 0 aliphatic rings. The lowest BCUT2D eigenvalue weighted by atomic mass is 10.2. The summed E-state index contributed by atoms with van der Waals surface area (Å²) in [5.74, 6) is -0.124. The summed E-state index contributed by atoms with van der Waals surface area (Å²) in [7, 11) is 1.48. The molecule has 0 radical (unpaired) electrons. The Morgan fingerprint density at radius 1 is 1.62 bits per heavy atom. The van der Waals surface area contributed by atoms with Gasteiger partial charge in [0.1, 0.15) is 5.75 Å². The molecule has 0 saturated carbocycles. The number of hydroxylamine groups is 1. The minimum Gasteiger partial charge on any atom is -0.495 e. The van der Waals surface area contributed by atoms with Crippen LogP contribution in [0.1, 0.15) is 10.4 Å². The van der Waals surface area contributed by atoms with E-state index in [2.05, 4.69) is 0 Å². The van der Waals surface area contributed by atoms with Crippen molar-refractivity contribution in [1.29, 1.82) is 0 Å². The Balaban J connectivity index is 3.02. The second-order valence-electron chi connectivity index (χ2n) is 2.29. The third-order valence-electron chi connectivity index (χ3n) is 1.52. The van der Waals surface area contributed by atoms with E-state index in [1.807, 2.05) is 0 Å². The van der Waals surface area contributed by atoms with E-state index >= 15 is 0 Å². The zero-order valence-corrected chi connectivity index (χ0v) is 7.63. The summed E-state index contributed by atoms with van der Waals surface area (Å²) < 4.78 is 4.89. The Kier molecular flexibility index (Phi) is 3.11. The number of methoxy groups -OCH3 is 1. The van der Waals surface area contributed by atoms with Crippen molar-refractivity contribution in [2.75, 3.05) is 7.11 Å². The number of ether oxygens (including phenoxy) is 1. The van der Waals surface area contributed by atoms with Gasteiger partial charge in [0.15, 0.2) is 0 Å². The third kappa shape index (κ3) is 2.11. The van der Waals surface area contributed by atoms with Crippen LogP contribution in [0.3, 0.4) is 0 Å². The van der Waals surface area contributed by atoms with Crippen LogP contribution in [0.2, 0.25) is 5.02 Å². The van der Waals surface area contributed by atoms with Gasteiger partial charge in [0.2, 0.25) is 0 Å². The van der Waals surface area contributed by atoms with Crippen molar-refractivity contribution < 1.29 is 14.7 Å². The zero-order chi connectivity index (χ0) is 9.84. The van der Waals surface area contributed by atoms with Gasteiger partial charge in [-0.1, -0.05) is 11.6 Å². The number of carbonyl (C=O) groups excluding carboxylic acids is 1. The van der Waals surface area contributed by atoms with Gasteiger partial charge in [-0.05, 0) is 18.2 Å². The molecule has 0 saturated heterocycles. The van der Waals surface area contributed by atoms with Crippen molar-refractivity contribution in [2.24, 2.45) is 0 Å². The number of rotatable bonds is 2. The number of carbonyl (C=O) groups is 1. The van der Waals surface area contributed by atoms with Gasteiger partial charge in [0, 0.05) is 5.56 Å². The number of hydrogen-bond acceptors (Lipinski definition) is 3. The van der Waals surface area contributed by atoms with E-state index in [4.69, 9.17) is 21.5 Å². The first-order chi connectivity index (χ1) is 6.19. The van der Waals surface area contributed by atoms with Crippen LogP contribution in [-0.2, 0) is 0 Å². The first kappa shape index (κ1) is 9.83. The maximum Gasteiger partial charge on any atom is 0.274 e. The Labute approximate surface area is 80.0 Å². The van der Waals surface area contributed by atoms with Crippen LogP contribution in [0.15, 0.2) is 18.2 Å². The molecule has 0 atom stereocenters. The summed E-state index contributed by atoms with van der Waals surface area (Å²) >= 11 is 5.74. The first-order valence-corrected chi connectivity index (χ1v) is 3.85. The van der Waals surface area contributed by atoms with Crippen LogP contribution in [-0.4, -0.2) is 18.2 Å². The molecule has 1 rings (SSSR count). The summed E-state index contributed by atoms with van der Waals surface area (Å²) in [6.07, 6.45) is 0. The van der Waals surface area contributed by atoms with Gasteiger partial charge >= 0.3 is 0 Å². The number of benzene rings is 1. The van der Waals surface area contributed by atoms with Crippen molar-refractivity contribution in [3.8, 4) is 5.75 Å². The molecule has 0 heterocycles. The largest absolute Gasteiger partial charge is 0.495 e. The van der Waals surface area contributed by atoms with Crippen LogP contribution in [0.25, 0.3) is 0 Å². The van der Waals surface area contributed by atoms with E-state index in [1.165, 1.54) is 24.7 Å². The average molecular weight is 202 g/mol. The number of nitrogens with one attached hydrogen (secondary N) is 1. The van der Waals surface area contributed by atoms with Gasteiger partial charge in [-0.15, -0.1) is 0 Å². The molecular formula is C8H8ClNO3. The Morgan fingerprint density at radius 2 is 2.31 bits per heavy atom. The molecule has 5 heteroatoms. The second-order valence-corrected chi connectivity index (χ2v) is 2.70. The molecule has 70 valence electrons. The molecule has 1 aromatic rings. The van der Waals surface area contributed by atoms with E-state index in [9.17, 15) is 4.79 Å². The van der Waals surface area contributed by atoms with Crippen molar-refractivity contribution >= 4 is 17.5 Å². The maximum absolute atomic E-state index is 10.9. The van der Waals surface area contributed by atoms with Gasteiger partial charge in [-0.3, -0.25) is 10.0 Å². The standard InChI is InChI=1S/C8H8ClNO3/c1-13-7-3-2-5(4-6(7)9)8(11)10-12/h2-4,12H,1H3,(H,10,11). The maximum atomic E-state index is 10.9. The van der Waals surface area contributed by atoms with Crippen LogP contribution in [0.4, 0.5) is 0 Å². The molecule has 1 aromatic carbocycles. The highest BCUT2D eigenvalue weighted by atomic mass is 35.5. The van der Waals surface area contributed by atoms with Gasteiger partial charge in [-0.2, -0.15) is 0 Å². The van der Waals surface area contributed by atoms with Gasteiger partial charge in [0.25, 0.3) is 5.91 Å². The summed E-state index contributed by atoms with van der Waals surface area (Å²) in [6, 6.07) is 4.45. The zero-order valence-electron chi connectivity index (χ0n) is 6.87. The summed E-state index contributed by atoms with van der Waals surface area (Å²) in [5.41, 5.74) is 1.78. The second kappa shape index (κ2) is 4.11. The first-order valence-electron chi connectivity index (χ1n) is 3.47. The lowest BCUT2D eigenvalue weighted by Gasteiger charge is -2.04. The Bertz CT molecular complexity index is 327. The highest BCUT2D eigenvalue weighted by Gasteiger charge is 2.07. The highest BCUT2D eigenvalue weighted by Crippen LogP contribution is 2.24. The molecule has 0 spiro atoms. The van der Waals surface area contributed by atoms with Crippen LogP contribution in [0, 0.1) is 0 Å². The molecule has 2 N–H and O–H groups in total. The van der Waals surface area contributed by atoms with E-state index < -0.39 is 5.91 Å². The summed E-state index contributed by atoms with van der Waals surface area (Å²) in [5, 5.41) is 8.65. The molecule has 0 bridgehead atoms. The molecule has 13 heavy (non-hydrogen) atoms. The lowest BCUT2D eigenvalue weighted by molar-refractivity contribution is 0.0706. The SMILES string of the molecule is COc1ccc(C(=O)NO)cc1Cl. The average Bonchev–Trinajstić information content (AvgIpc) is 2.16. The molecule has 0 fully saturated rings. The molecule has 0 aliphatic carbocycles. The van der Waals surface area contributed by atoms with E-state index in [0.717, 1.165) is 0 Å².